The van der Waals surface area contributed by atoms with Gasteiger partial charge in [-0.25, -0.2) is 0 Å². The molecule has 2 fully saturated rings. The highest BCUT2D eigenvalue weighted by Crippen LogP contribution is 2.40. The molecule has 1 aromatic heterocycles. The van der Waals surface area contributed by atoms with Crippen molar-refractivity contribution in [3.63, 3.8) is 0 Å². The SMILES string of the molecule is CN1C2CCC1/C(=C\c1cccnc1)C(=O)/C2=C/c1ccccc1. The highest BCUT2D eigenvalue weighted by Gasteiger charge is 2.44. The van der Waals surface area contributed by atoms with Gasteiger partial charge in [0.1, 0.15) is 0 Å². The maximum Gasteiger partial charge on any atom is 0.188 e. The van der Waals surface area contributed by atoms with Gasteiger partial charge < -0.3 is 0 Å². The molecule has 2 aromatic rings. The van der Waals surface area contributed by atoms with Crippen LogP contribution in [0.5, 0.6) is 0 Å². The Labute approximate surface area is 142 Å². The van der Waals surface area contributed by atoms with E-state index in [0.717, 1.165) is 35.1 Å². The van der Waals surface area contributed by atoms with Gasteiger partial charge in [-0.15, -0.1) is 0 Å². The number of carbonyl (C=O) groups is 1. The monoisotopic (exact) mass is 316 g/mol. The predicted octanol–water partition coefficient (Wildman–Crippen LogP) is 3.59. The van der Waals surface area contributed by atoms with Gasteiger partial charge in [-0.1, -0.05) is 36.4 Å². The van der Waals surface area contributed by atoms with Crippen molar-refractivity contribution in [1.82, 2.24) is 9.88 Å². The molecule has 2 aliphatic rings. The molecule has 24 heavy (non-hydrogen) atoms. The van der Waals surface area contributed by atoms with Crippen LogP contribution in [0.4, 0.5) is 0 Å². The fourth-order valence-corrected chi connectivity index (χ4v) is 3.85. The van der Waals surface area contributed by atoms with Gasteiger partial charge >= 0.3 is 0 Å². The predicted molar refractivity (Wildman–Crippen MR) is 96.2 cm³/mol. The van der Waals surface area contributed by atoms with Crippen molar-refractivity contribution >= 4 is 17.9 Å². The molecule has 120 valence electrons. The molecule has 0 amide bonds. The zero-order chi connectivity index (χ0) is 16.5. The standard InChI is InChI=1S/C21H20N2O/c1-23-19-9-10-20(23)18(13-16-8-5-11-22-14-16)21(24)17(19)12-15-6-3-2-4-7-15/h2-8,11-14,19-20H,9-10H2,1H3/b17-12+,18-13+. The van der Waals surface area contributed by atoms with Crippen LogP contribution in [0, 0.1) is 0 Å². The third-order valence-electron chi connectivity index (χ3n) is 5.07. The number of Topliss-reactive ketones (excluding diaryl/α,β-unsaturated/α-hetero) is 1. The van der Waals surface area contributed by atoms with Gasteiger partial charge in [0.25, 0.3) is 0 Å². The average molecular weight is 316 g/mol. The van der Waals surface area contributed by atoms with E-state index in [1.165, 1.54) is 0 Å². The van der Waals surface area contributed by atoms with E-state index in [1.807, 2.05) is 54.7 Å². The molecule has 3 heterocycles. The van der Waals surface area contributed by atoms with Crippen LogP contribution in [0.2, 0.25) is 0 Å². The maximum absolute atomic E-state index is 13.2. The molecule has 0 N–H and O–H groups in total. The molecule has 2 atom stereocenters. The Morgan fingerprint density at radius 3 is 2.21 bits per heavy atom. The summed E-state index contributed by atoms with van der Waals surface area (Å²) in [4.78, 5) is 19.7. The van der Waals surface area contributed by atoms with Gasteiger partial charge in [0.15, 0.2) is 5.78 Å². The zero-order valence-electron chi connectivity index (χ0n) is 13.7. The summed E-state index contributed by atoms with van der Waals surface area (Å²) in [5.41, 5.74) is 3.87. The first-order chi connectivity index (χ1) is 11.7. The van der Waals surface area contributed by atoms with Crippen LogP contribution in [0.15, 0.2) is 66.0 Å². The van der Waals surface area contributed by atoms with Gasteiger partial charge in [-0.2, -0.15) is 0 Å². The maximum atomic E-state index is 13.2. The van der Waals surface area contributed by atoms with E-state index in [1.54, 1.807) is 6.20 Å². The van der Waals surface area contributed by atoms with Crippen molar-refractivity contribution in [3.05, 3.63) is 77.1 Å². The second kappa shape index (κ2) is 6.17. The number of aromatic nitrogens is 1. The van der Waals surface area contributed by atoms with Crippen LogP contribution in [0.1, 0.15) is 24.0 Å². The van der Waals surface area contributed by atoms with E-state index in [9.17, 15) is 4.79 Å². The Hall–Kier alpha value is -2.52. The molecule has 0 saturated carbocycles. The topological polar surface area (TPSA) is 33.2 Å². The van der Waals surface area contributed by atoms with Gasteiger partial charge in [-0.05, 0) is 49.2 Å². The fraction of sp³-hybridized carbons (Fsp3) is 0.238. The van der Waals surface area contributed by atoms with Gasteiger partial charge in [0, 0.05) is 35.6 Å². The number of nitrogens with zero attached hydrogens (tertiary/aromatic N) is 2. The lowest BCUT2D eigenvalue weighted by molar-refractivity contribution is -0.114. The number of fused-ring (bicyclic) bond motifs is 2. The smallest absolute Gasteiger partial charge is 0.188 e. The fourth-order valence-electron chi connectivity index (χ4n) is 3.85. The minimum absolute atomic E-state index is 0.188. The summed E-state index contributed by atoms with van der Waals surface area (Å²) in [6.45, 7) is 0. The number of carbonyl (C=O) groups excluding carboxylic acids is 1. The Balaban J connectivity index is 1.78. The molecule has 0 spiro atoms. The molecule has 0 radical (unpaired) electrons. The summed E-state index contributed by atoms with van der Waals surface area (Å²) in [5.74, 6) is 0.188. The third-order valence-corrected chi connectivity index (χ3v) is 5.07. The molecule has 3 nitrogen and oxygen atoms in total. The van der Waals surface area contributed by atoms with Crippen LogP contribution in [-0.4, -0.2) is 34.8 Å². The van der Waals surface area contributed by atoms with Gasteiger partial charge in [-0.3, -0.25) is 14.7 Å². The van der Waals surface area contributed by atoms with Crippen molar-refractivity contribution in [1.29, 1.82) is 0 Å². The number of hydrogen-bond acceptors (Lipinski definition) is 3. The highest BCUT2D eigenvalue weighted by atomic mass is 16.1. The summed E-state index contributed by atoms with van der Waals surface area (Å²) in [6, 6.07) is 14.5. The number of hydrogen-bond donors (Lipinski definition) is 0. The number of benzene rings is 1. The summed E-state index contributed by atoms with van der Waals surface area (Å²) < 4.78 is 0. The minimum Gasteiger partial charge on any atom is -0.292 e. The van der Waals surface area contributed by atoms with Crippen LogP contribution in [0.3, 0.4) is 0 Å². The molecule has 2 bridgehead atoms. The van der Waals surface area contributed by atoms with Crippen molar-refractivity contribution in [2.45, 2.75) is 24.9 Å². The number of ketones is 1. The first kappa shape index (κ1) is 15.0. The molecule has 3 heteroatoms. The molecule has 1 aromatic carbocycles. The first-order valence-corrected chi connectivity index (χ1v) is 8.39. The van der Waals surface area contributed by atoms with E-state index in [2.05, 4.69) is 23.0 Å². The summed E-state index contributed by atoms with van der Waals surface area (Å²) in [6.07, 6.45) is 9.70. The largest absolute Gasteiger partial charge is 0.292 e. The van der Waals surface area contributed by atoms with Crippen LogP contribution >= 0.6 is 0 Å². The van der Waals surface area contributed by atoms with E-state index >= 15 is 0 Å². The van der Waals surface area contributed by atoms with Crippen molar-refractivity contribution in [2.24, 2.45) is 0 Å². The molecule has 2 unspecified atom stereocenters. The molecule has 0 aliphatic carbocycles. The van der Waals surface area contributed by atoms with E-state index in [-0.39, 0.29) is 17.9 Å². The second-order valence-corrected chi connectivity index (χ2v) is 6.50. The lowest BCUT2D eigenvalue weighted by Gasteiger charge is -2.34. The lowest BCUT2D eigenvalue weighted by atomic mass is 9.88. The Kier molecular flexibility index (Phi) is 3.87. The molecule has 2 saturated heterocycles. The lowest BCUT2D eigenvalue weighted by Crippen LogP contribution is -2.43. The number of piperidine rings is 1. The van der Waals surface area contributed by atoms with Crippen LogP contribution < -0.4 is 0 Å². The van der Waals surface area contributed by atoms with Gasteiger partial charge in [0.2, 0.25) is 0 Å². The second-order valence-electron chi connectivity index (χ2n) is 6.50. The minimum atomic E-state index is 0.188. The molecular weight excluding hydrogens is 296 g/mol. The van der Waals surface area contributed by atoms with Crippen molar-refractivity contribution in [2.75, 3.05) is 7.05 Å². The average Bonchev–Trinajstić information content (AvgIpc) is 2.93. The van der Waals surface area contributed by atoms with E-state index in [0.29, 0.717) is 0 Å². The third kappa shape index (κ3) is 2.61. The summed E-state index contributed by atoms with van der Waals surface area (Å²) >= 11 is 0. The van der Waals surface area contributed by atoms with Crippen LogP contribution in [-0.2, 0) is 4.79 Å². The quantitative estimate of drug-likeness (QED) is 0.794. The molecule has 4 rings (SSSR count). The zero-order valence-corrected chi connectivity index (χ0v) is 13.7. The van der Waals surface area contributed by atoms with E-state index < -0.39 is 0 Å². The van der Waals surface area contributed by atoms with Crippen molar-refractivity contribution in [3.8, 4) is 0 Å². The van der Waals surface area contributed by atoms with Crippen molar-refractivity contribution < 1.29 is 4.79 Å². The number of pyridine rings is 1. The van der Waals surface area contributed by atoms with Crippen LogP contribution in [0.25, 0.3) is 12.2 Å². The Morgan fingerprint density at radius 2 is 1.58 bits per heavy atom. The molecular formula is C21H20N2O. The molecule has 2 aliphatic heterocycles. The number of rotatable bonds is 2. The summed E-state index contributed by atoms with van der Waals surface area (Å²) in [7, 11) is 2.13. The normalized spacial score (nSPS) is 27.1. The van der Waals surface area contributed by atoms with Gasteiger partial charge in [0.05, 0.1) is 0 Å². The van der Waals surface area contributed by atoms with E-state index in [4.69, 9.17) is 0 Å². The highest BCUT2D eigenvalue weighted by molar-refractivity contribution is 6.16. The Bertz CT molecular complexity index is 741. The Morgan fingerprint density at radius 1 is 0.958 bits per heavy atom. The first-order valence-electron chi connectivity index (χ1n) is 8.39. The number of likely N-dealkylation sites (N-methyl/N-ethyl adjacent to an activating group) is 1. The summed E-state index contributed by atoms with van der Waals surface area (Å²) in [5, 5.41) is 0.